The molecule has 0 spiro atoms. The molecule has 0 bridgehead atoms. The summed E-state index contributed by atoms with van der Waals surface area (Å²) in [5.41, 5.74) is 2.45. The van der Waals surface area contributed by atoms with E-state index in [1.165, 1.54) is 5.56 Å². The Morgan fingerprint density at radius 3 is 2.46 bits per heavy atom. The average molecular weight is 355 g/mol. The molecule has 0 radical (unpaired) electrons. The van der Waals surface area contributed by atoms with Crippen molar-refractivity contribution in [1.29, 1.82) is 0 Å². The molecule has 1 aromatic rings. The molecule has 5 heteroatoms. The number of hydrogen-bond donors (Lipinski definition) is 2. The summed E-state index contributed by atoms with van der Waals surface area (Å²) in [6, 6.07) is 8.35. The number of piperidine rings is 1. The highest BCUT2D eigenvalue weighted by molar-refractivity contribution is 5.85. The van der Waals surface area contributed by atoms with Gasteiger partial charge in [0.1, 0.15) is 0 Å². The summed E-state index contributed by atoms with van der Waals surface area (Å²) in [6.07, 6.45) is 3.11. The van der Waals surface area contributed by atoms with Crippen LogP contribution in [-0.4, -0.2) is 39.3 Å². The van der Waals surface area contributed by atoms with Gasteiger partial charge in [-0.15, -0.1) is 12.4 Å². The number of methoxy groups -OCH3 is 1. The van der Waals surface area contributed by atoms with Crippen LogP contribution >= 0.6 is 12.4 Å². The minimum Gasteiger partial charge on any atom is -0.384 e. The van der Waals surface area contributed by atoms with Crippen LogP contribution in [0.5, 0.6) is 0 Å². The van der Waals surface area contributed by atoms with Crippen LogP contribution in [-0.2, 0) is 16.0 Å². The van der Waals surface area contributed by atoms with E-state index in [-0.39, 0.29) is 29.6 Å². The lowest BCUT2D eigenvalue weighted by molar-refractivity contribution is -0.123. The summed E-state index contributed by atoms with van der Waals surface area (Å²) in [5.74, 6) is -0.0227. The summed E-state index contributed by atoms with van der Waals surface area (Å²) < 4.78 is 5.41. The number of aryl methyl sites for hydroxylation is 1. The molecule has 1 saturated heterocycles. The molecule has 4 nitrogen and oxygen atoms in total. The van der Waals surface area contributed by atoms with Gasteiger partial charge in [-0.1, -0.05) is 31.2 Å². The fourth-order valence-corrected chi connectivity index (χ4v) is 3.26. The Morgan fingerprint density at radius 1 is 1.29 bits per heavy atom. The largest absolute Gasteiger partial charge is 0.384 e. The zero-order valence-corrected chi connectivity index (χ0v) is 15.9. The highest BCUT2D eigenvalue weighted by Crippen LogP contribution is 2.28. The number of amides is 1. The van der Waals surface area contributed by atoms with Gasteiger partial charge < -0.3 is 15.4 Å². The van der Waals surface area contributed by atoms with Gasteiger partial charge in [0.2, 0.25) is 5.91 Å². The van der Waals surface area contributed by atoms with Gasteiger partial charge in [-0.2, -0.15) is 0 Å². The van der Waals surface area contributed by atoms with Crippen LogP contribution in [0.25, 0.3) is 0 Å². The van der Waals surface area contributed by atoms with Gasteiger partial charge in [0.25, 0.3) is 0 Å². The average Bonchev–Trinajstić information content (AvgIpc) is 2.60. The molecule has 1 amide bonds. The van der Waals surface area contributed by atoms with Crippen molar-refractivity contribution in [2.75, 3.05) is 33.4 Å². The summed E-state index contributed by atoms with van der Waals surface area (Å²) in [6.45, 7) is 7.49. The number of rotatable bonds is 7. The van der Waals surface area contributed by atoms with E-state index in [1.54, 1.807) is 7.11 Å². The van der Waals surface area contributed by atoms with E-state index in [2.05, 4.69) is 41.8 Å². The van der Waals surface area contributed by atoms with Crippen molar-refractivity contribution in [2.24, 2.45) is 5.41 Å². The van der Waals surface area contributed by atoms with E-state index in [0.29, 0.717) is 13.2 Å². The topological polar surface area (TPSA) is 50.4 Å². The molecule has 0 aliphatic carbocycles. The molecular formula is C19H31ClN2O2. The van der Waals surface area contributed by atoms with Crippen LogP contribution < -0.4 is 10.6 Å². The summed E-state index contributed by atoms with van der Waals surface area (Å²) in [7, 11) is 1.74. The first-order valence-corrected chi connectivity index (χ1v) is 8.66. The Bertz CT molecular complexity index is 493. The fraction of sp³-hybridized carbons (Fsp3) is 0.632. The molecule has 2 rings (SSSR count). The third kappa shape index (κ3) is 5.47. The minimum atomic E-state index is -0.123. The van der Waals surface area contributed by atoms with Crippen LogP contribution in [0.3, 0.4) is 0 Å². The third-order valence-electron chi connectivity index (χ3n) is 5.03. The molecule has 1 aliphatic rings. The SMILES string of the molecule is CCc1ccc(C(C)C(=O)NCC2(COC)CCNCC2)cc1.Cl. The number of carbonyl (C=O) groups excluding carboxylic acids is 1. The molecule has 136 valence electrons. The van der Waals surface area contributed by atoms with Crippen molar-refractivity contribution in [3.8, 4) is 0 Å². The minimum absolute atomic E-state index is 0. The van der Waals surface area contributed by atoms with Gasteiger partial charge in [0, 0.05) is 19.1 Å². The number of benzene rings is 1. The van der Waals surface area contributed by atoms with Gasteiger partial charge in [-0.05, 0) is 50.4 Å². The maximum absolute atomic E-state index is 12.5. The molecule has 1 atom stereocenters. The lowest BCUT2D eigenvalue weighted by Crippen LogP contribution is -2.47. The highest BCUT2D eigenvalue weighted by Gasteiger charge is 2.33. The molecule has 1 unspecified atom stereocenters. The second-order valence-corrected chi connectivity index (χ2v) is 6.72. The summed E-state index contributed by atoms with van der Waals surface area (Å²) in [4.78, 5) is 12.5. The van der Waals surface area contributed by atoms with Crippen molar-refractivity contribution in [3.05, 3.63) is 35.4 Å². The van der Waals surface area contributed by atoms with Crippen LogP contribution in [0.1, 0.15) is 43.7 Å². The first-order chi connectivity index (χ1) is 11.1. The van der Waals surface area contributed by atoms with Crippen LogP contribution in [0.2, 0.25) is 0 Å². The molecule has 1 aliphatic heterocycles. The van der Waals surface area contributed by atoms with E-state index in [4.69, 9.17) is 4.74 Å². The number of nitrogens with one attached hydrogen (secondary N) is 2. The monoisotopic (exact) mass is 354 g/mol. The second-order valence-electron chi connectivity index (χ2n) is 6.72. The van der Waals surface area contributed by atoms with Gasteiger partial charge in [0.15, 0.2) is 0 Å². The van der Waals surface area contributed by atoms with Crippen LogP contribution in [0.15, 0.2) is 24.3 Å². The van der Waals surface area contributed by atoms with Crippen molar-refractivity contribution < 1.29 is 9.53 Å². The highest BCUT2D eigenvalue weighted by atomic mass is 35.5. The summed E-state index contributed by atoms with van der Waals surface area (Å²) in [5, 5.41) is 6.53. The Kier molecular flexibility index (Phi) is 8.74. The number of hydrogen-bond acceptors (Lipinski definition) is 3. The zero-order valence-electron chi connectivity index (χ0n) is 15.1. The quantitative estimate of drug-likeness (QED) is 0.791. The molecular weight excluding hydrogens is 324 g/mol. The Hall–Kier alpha value is -1.10. The van der Waals surface area contributed by atoms with E-state index < -0.39 is 0 Å². The van der Waals surface area contributed by atoms with Gasteiger partial charge in [-0.3, -0.25) is 4.79 Å². The fourth-order valence-electron chi connectivity index (χ4n) is 3.26. The van der Waals surface area contributed by atoms with Gasteiger partial charge in [-0.25, -0.2) is 0 Å². The molecule has 1 fully saturated rings. The molecule has 1 aromatic carbocycles. The van der Waals surface area contributed by atoms with Crippen molar-refractivity contribution in [1.82, 2.24) is 10.6 Å². The first kappa shape index (κ1) is 20.9. The molecule has 24 heavy (non-hydrogen) atoms. The number of ether oxygens (including phenoxy) is 1. The smallest absolute Gasteiger partial charge is 0.227 e. The lowest BCUT2D eigenvalue weighted by atomic mass is 9.79. The normalized spacial score (nSPS) is 17.6. The van der Waals surface area contributed by atoms with Crippen LogP contribution in [0, 0.1) is 5.41 Å². The second kappa shape index (κ2) is 10.0. The van der Waals surface area contributed by atoms with Crippen molar-refractivity contribution >= 4 is 18.3 Å². The van der Waals surface area contributed by atoms with Crippen molar-refractivity contribution in [2.45, 2.75) is 39.0 Å². The number of carbonyl (C=O) groups is 1. The lowest BCUT2D eigenvalue weighted by Gasteiger charge is -2.37. The predicted octanol–water partition coefficient (Wildman–Crippen LogP) is 2.91. The standard InChI is InChI=1S/C19H30N2O2.ClH/c1-4-16-5-7-17(8-6-16)15(2)18(22)21-13-19(14-23-3)9-11-20-12-10-19;/h5-8,15,20H,4,9-14H2,1-3H3,(H,21,22);1H. The van der Waals surface area contributed by atoms with E-state index in [9.17, 15) is 4.79 Å². The van der Waals surface area contributed by atoms with E-state index in [0.717, 1.165) is 37.9 Å². The van der Waals surface area contributed by atoms with Crippen LogP contribution in [0.4, 0.5) is 0 Å². The first-order valence-electron chi connectivity index (χ1n) is 8.66. The summed E-state index contributed by atoms with van der Waals surface area (Å²) >= 11 is 0. The number of halogens is 1. The van der Waals surface area contributed by atoms with Gasteiger partial charge >= 0.3 is 0 Å². The molecule has 2 N–H and O–H groups in total. The maximum atomic E-state index is 12.5. The zero-order chi connectivity index (χ0) is 16.7. The van der Waals surface area contributed by atoms with E-state index >= 15 is 0 Å². The van der Waals surface area contributed by atoms with E-state index in [1.807, 2.05) is 6.92 Å². The van der Waals surface area contributed by atoms with Gasteiger partial charge in [0.05, 0.1) is 12.5 Å². The predicted molar refractivity (Wildman–Crippen MR) is 101 cm³/mol. The molecule has 1 heterocycles. The van der Waals surface area contributed by atoms with Crippen molar-refractivity contribution in [3.63, 3.8) is 0 Å². The maximum Gasteiger partial charge on any atom is 0.227 e. The molecule has 0 saturated carbocycles. The Morgan fingerprint density at radius 2 is 1.92 bits per heavy atom. The Balaban J connectivity index is 0.00000288. The molecule has 0 aromatic heterocycles. The third-order valence-corrected chi connectivity index (χ3v) is 5.03. The Labute approximate surface area is 152 Å².